The van der Waals surface area contributed by atoms with Crippen molar-refractivity contribution in [2.24, 2.45) is 0 Å². The maximum Gasteiger partial charge on any atom is 0.486 e. The highest BCUT2D eigenvalue weighted by atomic mass is 127. The van der Waals surface area contributed by atoms with Crippen LogP contribution in [0, 0.1) is 17.4 Å². The first-order valence-electron chi connectivity index (χ1n) is 10.5. The molecule has 0 bridgehead atoms. The zero-order valence-electron chi connectivity index (χ0n) is 18.1. The van der Waals surface area contributed by atoms with Crippen molar-refractivity contribution >= 4 is 43.9 Å². The van der Waals surface area contributed by atoms with Gasteiger partial charge in [-0.2, -0.15) is 14.0 Å². The Labute approximate surface area is 211 Å². The molecule has 0 aliphatic rings. The van der Waals surface area contributed by atoms with Gasteiger partial charge in [0.15, 0.2) is 7.14 Å². The van der Waals surface area contributed by atoms with Gasteiger partial charge < -0.3 is 8.83 Å². The molecule has 6 rings (SSSR count). The fourth-order valence-electron chi connectivity index (χ4n) is 4.03. The first-order valence-corrected chi connectivity index (χ1v) is 14.8. The molecular formula is C26H14ClIO8+. The van der Waals surface area contributed by atoms with Crippen LogP contribution in [0.25, 0.3) is 43.9 Å². The van der Waals surface area contributed by atoms with E-state index in [1.54, 1.807) is 72.8 Å². The van der Waals surface area contributed by atoms with E-state index < -0.39 is 30.5 Å². The van der Waals surface area contributed by atoms with Crippen LogP contribution in [0.3, 0.4) is 0 Å². The highest BCUT2D eigenvalue weighted by molar-refractivity contribution is 5.90. The summed E-state index contributed by atoms with van der Waals surface area (Å²) in [5, 5.41) is 1.19. The van der Waals surface area contributed by atoms with Crippen LogP contribution in [0.4, 0.5) is 0 Å². The molecule has 0 fully saturated rings. The Morgan fingerprint density at radius 3 is 1.44 bits per heavy atom. The normalized spacial score (nSPS) is 12.3. The Morgan fingerprint density at radius 2 is 1.00 bits per heavy atom. The van der Waals surface area contributed by atoms with Gasteiger partial charge in [-0.25, -0.2) is 0 Å². The van der Waals surface area contributed by atoms with Gasteiger partial charge in [-0.15, -0.1) is 0 Å². The van der Waals surface area contributed by atoms with Gasteiger partial charge in [0.1, 0.15) is 32.6 Å². The Morgan fingerprint density at radius 1 is 0.583 bits per heavy atom. The lowest BCUT2D eigenvalue weighted by atomic mass is 10.1. The molecule has 0 N–H and O–H groups in total. The third kappa shape index (κ3) is 4.05. The van der Waals surface area contributed by atoms with Gasteiger partial charge in [-0.05, 0) is 48.5 Å². The minimum Gasteiger partial charge on any atom is -0.456 e. The Balaban J connectivity index is 1.56. The first kappa shape index (κ1) is 23.1. The number of fused-ring (bicyclic) bond motifs is 4. The SMILES string of the molecule is O=c1c2ccccc2oc2ccc([I+](O[Cl+3]([O-])([O-])[O-])c3ccc4oc5ccccc5c(=O)c4c3)cc12. The number of hydrogen-bond donors (Lipinski definition) is 0. The Hall–Kier alpha value is -3.32. The summed E-state index contributed by atoms with van der Waals surface area (Å²) in [5.74, 6) is 0. The second-order valence-corrected chi connectivity index (χ2v) is 13.6. The van der Waals surface area contributed by atoms with E-state index in [2.05, 4.69) is 0 Å². The molecule has 0 unspecified atom stereocenters. The number of para-hydroxylation sites is 2. The number of hydrogen-bond acceptors (Lipinski definition) is 8. The molecule has 0 spiro atoms. The van der Waals surface area contributed by atoms with E-state index in [1.165, 1.54) is 12.1 Å². The van der Waals surface area contributed by atoms with Crippen molar-refractivity contribution < 1.29 is 55.9 Å². The van der Waals surface area contributed by atoms with E-state index in [4.69, 9.17) is 11.5 Å². The molecule has 36 heavy (non-hydrogen) atoms. The van der Waals surface area contributed by atoms with Crippen molar-refractivity contribution in [2.75, 3.05) is 0 Å². The lowest BCUT2D eigenvalue weighted by Gasteiger charge is -2.10. The van der Waals surface area contributed by atoms with E-state index in [1.807, 2.05) is 0 Å². The summed E-state index contributed by atoms with van der Waals surface area (Å²) < 4.78 is 52.4. The largest absolute Gasteiger partial charge is 0.486 e. The smallest absolute Gasteiger partial charge is 0.456 e. The highest BCUT2D eigenvalue weighted by Crippen LogP contribution is 2.19. The van der Waals surface area contributed by atoms with Crippen molar-refractivity contribution in [3.63, 3.8) is 0 Å². The summed E-state index contributed by atoms with van der Waals surface area (Å²) in [5.41, 5.74) is 0.875. The molecule has 10 heteroatoms. The standard InChI is InChI=1S/C26H14ClIO8/c29-25-17-5-1-3-7-21(17)34-23-11-9-15(13-19(23)25)28(36-27(31,32)33)16-10-12-24-20(14-16)26(30)18-6-2-4-8-22(18)35-24/h1-14H/q+1. The van der Waals surface area contributed by atoms with E-state index >= 15 is 0 Å². The second kappa shape index (κ2) is 8.66. The average molecular weight is 617 g/mol. The second-order valence-electron chi connectivity index (χ2n) is 7.82. The third-order valence-corrected chi connectivity index (χ3v) is 11.7. The van der Waals surface area contributed by atoms with Crippen molar-refractivity contribution in [3.05, 3.63) is 113 Å². The first-order chi connectivity index (χ1) is 17.3. The minimum absolute atomic E-state index is 0.225. The molecule has 2 heterocycles. The van der Waals surface area contributed by atoms with Gasteiger partial charge >= 0.3 is 20.2 Å². The van der Waals surface area contributed by atoms with Crippen LogP contribution in [0.5, 0.6) is 0 Å². The maximum absolute atomic E-state index is 13.1. The topological polar surface area (TPSA) is 139 Å². The predicted molar refractivity (Wildman–Crippen MR) is 118 cm³/mol. The molecule has 0 aliphatic carbocycles. The fourth-order valence-corrected chi connectivity index (χ4v) is 9.60. The molecule has 4 aromatic carbocycles. The summed E-state index contributed by atoms with van der Waals surface area (Å²) in [6.45, 7) is 0. The molecule has 0 saturated heterocycles. The summed E-state index contributed by atoms with van der Waals surface area (Å²) in [6, 6.07) is 22.8. The fraction of sp³-hybridized carbons (Fsp3) is 0. The van der Waals surface area contributed by atoms with Crippen molar-refractivity contribution in [1.82, 2.24) is 0 Å². The number of benzene rings is 4. The Bertz CT molecular complexity index is 1790. The number of halogens is 2. The minimum atomic E-state index is -4.79. The van der Waals surface area contributed by atoms with Gasteiger partial charge in [-0.3, -0.25) is 9.59 Å². The average Bonchev–Trinajstić information content (AvgIpc) is 2.87. The van der Waals surface area contributed by atoms with Crippen molar-refractivity contribution in [3.8, 4) is 0 Å². The van der Waals surface area contributed by atoms with E-state index in [9.17, 15) is 23.6 Å². The van der Waals surface area contributed by atoms with E-state index in [0.29, 0.717) is 40.2 Å². The van der Waals surface area contributed by atoms with Crippen LogP contribution in [-0.4, -0.2) is 0 Å². The van der Waals surface area contributed by atoms with Gasteiger partial charge in [-0.1, -0.05) is 24.3 Å². The van der Waals surface area contributed by atoms with Gasteiger partial charge in [0.05, 0.1) is 21.5 Å². The molecule has 0 saturated carbocycles. The molecule has 6 aromatic rings. The zero-order valence-corrected chi connectivity index (χ0v) is 21.0. The molecule has 0 atom stereocenters. The van der Waals surface area contributed by atoms with Crippen LogP contribution < -0.4 is 45.1 Å². The van der Waals surface area contributed by atoms with Crippen molar-refractivity contribution in [2.45, 2.75) is 0 Å². The molecule has 1 radical (unpaired) electrons. The van der Waals surface area contributed by atoms with Crippen LogP contribution in [0.15, 0.2) is 103 Å². The van der Waals surface area contributed by atoms with Gasteiger partial charge in [0.2, 0.25) is 10.9 Å². The number of rotatable bonds is 4. The molecule has 179 valence electrons. The Kier molecular flexibility index (Phi) is 5.56. The highest BCUT2D eigenvalue weighted by Gasteiger charge is 2.47. The summed E-state index contributed by atoms with van der Waals surface area (Å²) >= 11 is -3.46. The van der Waals surface area contributed by atoms with Crippen LogP contribution in [0.2, 0.25) is 0 Å². The third-order valence-electron chi connectivity index (χ3n) is 5.60. The van der Waals surface area contributed by atoms with Crippen molar-refractivity contribution in [1.29, 1.82) is 0 Å². The summed E-state index contributed by atoms with van der Waals surface area (Å²) in [6.07, 6.45) is 0. The van der Waals surface area contributed by atoms with Crippen LogP contribution in [0.1, 0.15) is 0 Å². The monoisotopic (exact) mass is 616 g/mol. The van der Waals surface area contributed by atoms with Gasteiger partial charge in [0, 0.05) is 12.1 Å². The molecule has 2 aromatic heterocycles. The summed E-state index contributed by atoms with van der Waals surface area (Å²) in [7, 11) is -4.79. The zero-order chi connectivity index (χ0) is 25.0. The summed E-state index contributed by atoms with van der Waals surface area (Å²) in [4.78, 5) is 26.2. The van der Waals surface area contributed by atoms with Gasteiger partial charge in [0.25, 0.3) is 2.62 Å². The predicted octanol–water partition coefficient (Wildman–Crippen LogP) is -1.30. The molecule has 0 aliphatic heterocycles. The van der Waals surface area contributed by atoms with E-state index in [0.717, 1.165) is 0 Å². The molecule has 0 amide bonds. The van der Waals surface area contributed by atoms with Crippen LogP contribution >= 0.6 is 0 Å². The maximum atomic E-state index is 13.1. The lowest BCUT2D eigenvalue weighted by molar-refractivity contribution is -1.95. The lowest BCUT2D eigenvalue weighted by Crippen LogP contribution is -3.86. The molecular weight excluding hydrogens is 603 g/mol. The quantitative estimate of drug-likeness (QED) is 0.176. The van der Waals surface area contributed by atoms with Crippen LogP contribution in [-0.2, 0) is 2.62 Å². The molecule has 8 nitrogen and oxygen atoms in total. The van der Waals surface area contributed by atoms with E-state index in [-0.39, 0.29) is 21.6 Å².